The Morgan fingerprint density at radius 2 is 2.33 bits per heavy atom. The van der Waals surface area contributed by atoms with Gasteiger partial charge in [-0.1, -0.05) is 6.92 Å². The van der Waals surface area contributed by atoms with Crippen molar-refractivity contribution in [1.82, 2.24) is 4.98 Å². The molecule has 0 aliphatic heterocycles. The smallest absolute Gasteiger partial charge is 0.226 e. The lowest BCUT2D eigenvalue weighted by Gasteiger charge is -2.00. The number of anilines is 1. The third-order valence-corrected chi connectivity index (χ3v) is 4.36. The van der Waals surface area contributed by atoms with Crippen LogP contribution in [0.5, 0.6) is 0 Å². The number of hydrogen-bond donors (Lipinski definition) is 1. The van der Waals surface area contributed by atoms with Crippen LogP contribution in [0.25, 0.3) is 0 Å². The van der Waals surface area contributed by atoms with Crippen LogP contribution in [0.3, 0.4) is 0 Å². The molecule has 2 aromatic rings. The highest BCUT2D eigenvalue weighted by atomic mass is 32.1. The van der Waals surface area contributed by atoms with Gasteiger partial charge in [0.25, 0.3) is 0 Å². The van der Waals surface area contributed by atoms with E-state index < -0.39 is 0 Å². The first-order chi connectivity index (χ1) is 8.69. The summed E-state index contributed by atoms with van der Waals surface area (Å²) in [5.74, 6) is 0.0394. The van der Waals surface area contributed by atoms with Crippen LogP contribution in [0.15, 0.2) is 16.8 Å². The molecule has 0 aromatic carbocycles. The zero-order valence-electron chi connectivity index (χ0n) is 10.5. The lowest BCUT2D eigenvalue weighted by Crippen LogP contribution is -2.12. The Labute approximate surface area is 115 Å². The molecule has 0 atom stereocenters. The number of nitrogens with one attached hydrogen (secondary N) is 1. The molecule has 2 aromatic heterocycles. The average Bonchev–Trinajstić information content (AvgIpc) is 2.96. The fourth-order valence-corrected chi connectivity index (χ4v) is 3.31. The van der Waals surface area contributed by atoms with E-state index in [1.807, 2.05) is 12.3 Å². The van der Waals surface area contributed by atoms with E-state index in [4.69, 9.17) is 0 Å². The van der Waals surface area contributed by atoms with E-state index in [1.54, 1.807) is 22.7 Å². The first-order valence-corrected chi connectivity index (χ1v) is 7.72. The fraction of sp³-hybridized carbons (Fsp3) is 0.385. The third-order valence-electron chi connectivity index (χ3n) is 2.69. The van der Waals surface area contributed by atoms with E-state index in [0.717, 1.165) is 23.7 Å². The second kappa shape index (κ2) is 6.11. The van der Waals surface area contributed by atoms with Crippen LogP contribution in [0, 0.1) is 6.92 Å². The molecule has 0 bridgehead atoms. The summed E-state index contributed by atoms with van der Waals surface area (Å²) in [6, 6.07) is 2.06. The van der Waals surface area contributed by atoms with Crippen molar-refractivity contribution >= 4 is 33.7 Å². The van der Waals surface area contributed by atoms with Crippen molar-refractivity contribution < 1.29 is 4.79 Å². The second-order valence-electron chi connectivity index (χ2n) is 4.06. The zero-order valence-corrected chi connectivity index (χ0v) is 12.2. The highest BCUT2D eigenvalue weighted by Gasteiger charge is 2.09. The largest absolute Gasteiger partial charge is 0.302 e. The van der Waals surface area contributed by atoms with E-state index in [2.05, 4.69) is 28.7 Å². The SMILES string of the molecule is CCc1nc(NC(=O)CCc2ccsc2)sc1C. The first kappa shape index (κ1) is 13.2. The van der Waals surface area contributed by atoms with Gasteiger partial charge in [-0.15, -0.1) is 11.3 Å². The van der Waals surface area contributed by atoms with Gasteiger partial charge in [0.05, 0.1) is 5.69 Å². The van der Waals surface area contributed by atoms with E-state index in [9.17, 15) is 4.79 Å². The van der Waals surface area contributed by atoms with Crippen LogP contribution in [-0.4, -0.2) is 10.9 Å². The molecule has 0 saturated heterocycles. The normalized spacial score (nSPS) is 10.6. The van der Waals surface area contributed by atoms with Crippen molar-refractivity contribution in [3.8, 4) is 0 Å². The van der Waals surface area contributed by atoms with Crippen molar-refractivity contribution in [3.05, 3.63) is 33.0 Å². The molecule has 0 radical (unpaired) electrons. The molecule has 3 nitrogen and oxygen atoms in total. The van der Waals surface area contributed by atoms with E-state index >= 15 is 0 Å². The molecule has 0 unspecified atom stereocenters. The minimum absolute atomic E-state index is 0.0394. The Balaban J connectivity index is 1.86. The average molecular weight is 280 g/mol. The number of amides is 1. The Kier molecular flexibility index (Phi) is 4.49. The second-order valence-corrected chi connectivity index (χ2v) is 6.04. The fourth-order valence-electron chi connectivity index (χ4n) is 1.68. The minimum Gasteiger partial charge on any atom is -0.302 e. The van der Waals surface area contributed by atoms with E-state index in [0.29, 0.717) is 6.42 Å². The molecule has 2 heterocycles. The summed E-state index contributed by atoms with van der Waals surface area (Å²) in [5.41, 5.74) is 2.30. The van der Waals surface area contributed by atoms with Crippen LogP contribution in [0.1, 0.15) is 29.5 Å². The van der Waals surface area contributed by atoms with Gasteiger partial charge in [0.2, 0.25) is 5.91 Å². The Morgan fingerprint density at radius 3 is 2.94 bits per heavy atom. The number of carbonyl (C=O) groups excluding carboxylic acids is 1. The maximum atomic E-state index is 11.8. The summed E-state index contributed by atoms with van der Waals surface area (Å²) >= 11 is 3.21. The summed E-state index contributed by atoms with van der Waals surface area (Å²) in [4.78, 5) is 17.4. The van der Waals surface area contributed by atoms with Crippen LogP contribution in [0.4, 0.5) is 5.13 Å². The molecule has 18 heavy (non-hydrogen) atoms. The van der Waals surface area contributed by atoms with Gasteiger partial charge in [-0.2, -0.15) is 11.3 Å². The number of nitrogens with zero attached hydrogens (tertiary/aromatic N) is 1. The van der Waals surface area contributed by atoms with Crippen LogP contribution < -0.4 is 5.32 Å². The van der Waals surface area contributed by atoms with Crippen LogP contribution in [-0.2, 0) is 17.6 Å². The Morgan fingerprint density at radius 1 is 1.50 bits per heavy atom. The predicted octanol–water partition coefficient (Wildman–Crippen LogP) is 3.65. The summed E-state index contributed by atoms with van der Waals surface area (Å²) in [5, 5.41) is 7.71. The minimum atomic E-state index is 0.0394. The van der Waals surface area contributed by atoms with Gasteiger partial charge in [-0.3, -0.25) is 4.79 Å². The standard InChI is InChI=1S/C13H16N2OS2/c1-3-11-9(2)18-13(14-11)15-12(16)5-4-10-6-7-17-8-10/h6-8H,3-5H2,1-2H3,(H,14,15,16). The third kappa shape index (κ3) is 3.40. The number of thiazole rings is 1. The van der Waals surface area contributed by atoms with Gasteiger partial charge in [0.15, 0.2) is 5.13 Å². The monoisotopic (exact) mass is 280 g/mol. The van der Waals surface area contributed by atoms with Gasteiger partial charge in [-0.25, -0.2) is 4.98 Å². The zero-order chi connectivity index (χ0) is 13.0. The molecule has 0 fully saturated rings. The van der Waals surface area contributed by atoms with Crippen molar-refractivity contribution in [2.45, 2.75) is 33.1 Å². The van der Waals surface area contributed by atoms with Gasteiger partial charge >= 0.3 is 0 Å². The van der Waals surface area contributed by atoms with Crippen molar-refractivity contribution in [2.75, 3.05) is 5.32 Å². The number of thiophene rings is 1. The quantitative estimate of drug-likeness (QED) is 0.908. The van der Waals surface area contributed by atoms with E-state index in [-0.39, 0.29) is 5.91 Å². The molecular weight excluding hydrogens is 264 g/mol. The number of hydrogen-bond acceptors (Lipinski definition) is 4. The Bertz CT molecular complexity index is 517. The maximum Gasteiger partial charge on any atom is 0.226 e. The van der Waals surface area contributed by atoms with Crippen molar-refractivity contribution in [2.24, 2.45) is 0 Å². The van der Waals surface area contributed by atoms with E-state index in [1.165, 1.54) is 10.4 Å². The Hall–Kier alpha value is -1.20. The van der Waals surface area contributed by atoms with Crippen molar-refractivity contribution in [1.29, 1.82) is 0 Å². The molecule has 5 heteroatoms. The molecule has 0 aliphatic rings. The van der Waals surface area contributed by atoms with Gasteiger partial charge < -0.3 is 5.32 Å². The lowest BCUT2D eigenvalue weighted by atomic mass is 10.2. The molecule has 2 rings (SSSR count). The van der Waals surface area contributed by atoms with Gasteiger partial charge in [0, 0.05) is 11.3 Å². The number of rotatable bonds is 5. The van der Waals surface area contributed by atoms with Gasteiger partial charge in [-0.05, 0) is 42.2 Å². The van der Waals surface area contributed by atoms with Crippen LogP contribution >= 0.6 is 22.7 Å². The summed E-state index contributed by atoms with van der Waals surface area (Å²) in [6.07, 6.45) is 2.21. The summed E-state index contributed by atoms with van der Waals surface area (Å²) in [7, 11) is 0. The maximum absolute atomic E-state index is 11.8. The van der Waals surface area contributed by atoms with Gasteiger partial charge in [0.1, 0.15) is 0 Å². The molecular formula is C13H16N2OS2. The molecule has 0 saturated carbocycles. The highest BCUT2D eigenvalue weighted by Crippen LogP contribution is 2.22. The lowest BCUT2D eigenvalue weighted by molar-refractivity contribution is -0.116. The number of aromatic nitrogens is 1. The molecule has 1 N–H and O–H groups in total. The van der Waals surface area contributed by atoms with Crippen LogP contribution in [0.2, 0.25) is 0 Å². The highest BCUT2D eigenvalue weighted by molar-refractivity contribution is 7.15. The first-order valence-electron chi connectivity index (χ1n) is 5.96. The molecule has 0 aliphatic carbocycles. The summed E-state index contributed by atoms with van der Waals surface area (Å²) in [6.45, 7) is 4.11. The molecule has 96 valence electrons. The number of carbonyl (C=O) groups is 1. The summed E-state index contributed by atoms with van der Waals surface area (Å²) < 4.78 is 0. The molecule has 1 amide bonds. The topological polar surface area (TPSA) is 42.0 Å². The predicted molar refractivity (Wildman–Crippen MR) is 77.5 cm³/mol. The number of aryl methyl sites for hydroxylation is 3. The van der Waals surface area contributed by atoms with Crippen molar-refractivity contribution in [3.63, 3.8) is 0 Å². The molecule has 0 spiro atoms.